The van der Waals surface area contributed by atoms with E-state index in [0.29, 0.717) is 3.57 Å². The maximum atomic E-state index is 10.7. The van der Waals surface area contributed by atoms with Crippen LogP contribution in [0, 0.1) is 3.57 Å². The van der Waals surface area contributed by atoms with Gasteiger partial charge in [0.05, 0.1) is 23.8 Å². The molecule has 4 atom stereocenters. The first-order valence-electron chi connectivity index (χ1n) is 7.31. The molecule has 0 fully saturated rings. The van der Waals surface area contributed by atoms with Crippen LogP contribution in [0.25, 0.3) is 0 Å². The van der Waals surface area contributed by atoms with Crippen molar-refractivity contribution in [3.05, 3.63) is 32.9 Å². The summed E-state index contributed by atoms with van der Waals surface area (Å²) < 4.78 is 0.421. The number of likely N-dealkylation sites (N-methyl/N-ethyl adjacent to an activating group) is 1. The van der Waals surface area contributed by atoms with Gasteiger partial charge in [-0.25, -0.2) is 9.59 Å². The Morgan fingerprint density at radius 3 is 1.96 bits per heavy atom. The Hall–Kier alpha value is -1.35. The predicted octanol–water partition coefficient (Wildman–Crippen LogP) is -1.67. The van der Waals surface area contributed by atoms with E-state index in [-0.39, 0.29) is 17.7 Å². The molecule has 10 nitrogen and oxygen atoms in total. The number of rotatable bonds is 8. The molecule has 26 heavy (non-hydrogen) atoms. The van der Waals surface area contributed by atoms with Crippen LogP contribution in [-0.4, -0.2) is 92.3 Å². The van der Waals surface area contributed by atoms with E-state index in [4.69, 9.17) is 30.6 Å². The van der Waals surface area contributed by atoms with Crippen LogP contribution in [0.1, 0.15) is 20.7 Å². The minimum atomic E-state index is -1.55. The maximum Gasteiger partial charge on any atom is 0.337 e. The molecule has 0 bridgehead atoms. The van der Waals surface area contributed by atoms with Crippen LogP contribution in [0.3, 0.4) is 0 Å². The second kappa shape index (κ2) is 12.1. The quantitative estimate of drug-likeness (QED) is 0.197. The average molecular weight is 487 g/mol. The molecule has 0 heterocycles. The smallest absolute Gasteiger partial charge is 0.337 e. The average Bonchev–Trinajstić information content (AvgIpc) is 2.59. The normalized spacial score (nSPS) is 15.2. The summed E-state index contributed by atoms with van der Waals surface area (Å²) in [6, 6.07) is 4.34. The third-order valence-electron chi connectivity index (χ3n) is 3.20. The molecule has 1 aromatic carbocycles. The van der Waals surface area contributed by atoms with Crippen LogP contribution in [0.15, 0.2) is 18.2 Å². The van der Waals surface area contributed by atoms with Crippen LogP contribution < -0.4 is 5.32 Å². The van der Waals surface area contributed by atoms with Crippen molar-refractivity contribution in [2.45, 2.75) is 24.4 Å². The van der Waals surface area contributed by atoms with Crippen LogP contribution in [0.4, 0.5) is 0 Å². The van der Waals surface area contributed by atoms with Crippen LogP contribution in [-0.2, 0) is 0 Å². The Morgan fingerprint density at radius 1 is 1.04 bits per heavy atom. The lowest BCUT2D eigenvalue weighted by molar-refractivity contribution is -0.113. The van der Waals surface area contributed by atoms with E-state index in [1.807, 2.05) is 0 Å². The Labute approximate surface area is 162 Å². The number of carbonyl (C=O) groups is 2. The molecule has 11 heteroatoms. The van der Waals surface area contributed by atoms with Crippen molar-refractivity contribution in [2.75, 3.05) is 20.2 Å². The monoisotopic (exact) mass is 487 g/mol. The molecule has 0 spiro atoms. The van der Waals surface area contributed by atoms with Crippen molar-refractivity contribution >= 4 is 34.5 Å². The van der Waals surface area contributed by atoms with Gasteiger partial charge in [-0.05, 0) is 41.8 Å². The van der Waals surface area contributed by atoms with Crippen molar-refractivity contribution in [2.24, 2.45) is 0 Å². The summed E-state index contributed by atoms with van der Waals surface area (Å²) >= 11 is 1.79. The van der Waals surface area contributed by atoms with E-state index in [9.17, 15) is 14.7 Å². The van der Waals surface area contributed by atoms with Gasteiger partial charge in [-0.3, -0.25) is 0 Å². The van der Waals surface area contributed by atoms with Gasteiger partial charge < -0.3 is 41.1 Å². The van der Waals surface area contributed by atoms with Gasteiger partial charge in [-0.1, -0.05) is 6.07 Å². The van der Waals surface area contributed by atoms with E-state index in [1.54, 1.807) is 35.7 Å². The van der Waals surface area contributed by atoms with Crippen LogP contribution in [0.5, 0.6) is 0 Å². The molecule has 0 radical (unpaired) electrons. The lowest BCUT2D eigenvalue weighted by atomic mass is 10.0. The highest BCUT2D eigenvalue weighted by atomic mass is 127. The number of hydrogen-bond acceptors (Lipinski definition) is 8. The number of hydrogen-bond donors (Lipinski definition) is 8. The number of benzene rings is 1. The lowest BCUT2D eigenvalue weighted by Crippen LogP contribution is -2.48. The van der Waals surface area contributed by atoms with Crippen molar-refractivity contribution < 1.29 is 45.3 Å². The van der Waals surface area contributed by atoms with Gasteiger partial charge in [0.1, 0.15) is 18.3 Å². The van der Waals surface area contributed by atoms with Crippen molar-refractivity contribution in [3.63, 3.8) is 0 Å². The van der Waals surface area contributed by atoms with Gasteiger partial charge in [0.15, 0.2) is 0 Å². The number of carboxylic acids is 2. The minimum Gasteiger partial charge on any atom is -0.478 e. The highest BCUT2D eigenvalue weighted by molar-refractivity contribution is 14.1. The highest BCUT2D eigenvalue weighted by Gasteiger charge is 2.29. The Bertz CT molecular complexity index is 598. The first kappa shape index (κ1) is 24.7. The SMILES string of the molecule is CNC[C@H](O)[C@@H](O)[C@H](O)[C@H](O)CO.O=C(O)c1cccc(I)c1C(=O)O. The van der Waals surface area contributed by atoms with E-state index < -0.39 is 43.0 Å². The van der Waals surface area contributed by atoms with Gasteiger partial charge in [-0.2, -0.15) is 0 Å². The van der Waals surface area contributed by atoms with E-state index >= 15 is 0 Å². The van der Waals surface area contributed by atoms with Crippen molar-refractivity contribution in [3.8, 4) is 0 Å². The van der Waals surface area contributed by atoms with E-state index in [2.05, 4.69) is 5.32 Å². The number of aliphatic hydroxyl groups is 5. The van der Waals surface area contributed by atoms with E-state index in [0.717, 1.165) is 0 Å². The summed E-state index contributed by atoms with van der Waals surface area (Å²) in [5, 5.41) is 64.9. The Kier molecular flexibility index (Phi) is 11.5. The zero-order valence-corrected chi connectivity index (χ0v) is 15.9. The number of aliphatic hydroxyl groups excluding tert-OH is 5. The zero-order chi connectivity index (χ0) is 20.4. The first-order valence-corrected chi connectivity index (χ1v) is 8.39. The summed E-state index contributed by atoms with van der Waals surface area (Å²) in [4.78, 5) is 21.3. The predicted molar refractivity (Wildman–Crippen MR) is 98.1 cm³/mol. The molecule has 1 rings (SSSR count). The van der Waals surface area contributed by atoms with Crippen LogP contribution >= 0.6 is 22.6 Å². The van der Waals surface area contributed by atoms with E-state index in [1.165, 1.54) is 12.1 Å². The van der Waals surface area contributed by atoms with Gasteiger partial charge in [0.2, 0.25) is 0 Å². The molecule has 1 aromatic rings. The number of halogens is 1. The molecular weight excluding hydrogens is 465 g/mol. The standard InChI is InChI=1S/C8H5IO4.C7H17NO5/c9-5-3-1-2-4(7(10)11)6(5)8(12)13;1-8-2-4(10)6(12)7(13)5(11)3-9/h1-3H,(H,10,11)(H,12,13);4-13H,2-3H2,1H3/t;4-,5+,6+,7+/m.0/s1. The minimum absolute atomic E-state index is 0.0936. The molecule has 148 valence electrons. The molecule has 0 aliphatic rings. The second-order valence-electron chi connectivity index (χ2n) is 5.13. The topological polar surface area (TPSA) is 188 Å². The number of aromatic carboxylic acids is 2. The van der Waals surface area contributed by atoms with Gasteiger partial charge >= 0.3 is 11.9 Å². The number of carboxylic acid groups (broad SMARTS) is 2. The van der Waals surface area contributed by atoms with Crippen LogP contribution in [0.2, 0.25) is 0 Å². The molecule has 0 amide bonds. The summed E-state index contributed by atoms with van der Waals surface area (Å²) in [5.41, 5.74) is -0.338. The molecule has 0 saturated carbocycles. The molecule has 0 saturated heterocycles. The summed E-state index contributed by atoms with van der Waals surface area (Å²) in [6.45, 7) is -0.569. The summed E-state index contributed by atoms with van der Waals surface area (Å²) in [6.07, 6.45) is -5.65. The molecule has 0 aromatic heterocycles. The molecule has 8 N–H and O–H groups in total. The largest absolute Gasteiger partial charge is 0.478 e. The fourth-order valence-corrected chi connectivity index (χ4v) is 2.54. The summed E-state index contributed by atoms with van der Waals surface area (Å²) in [7, 11) is 1.57. The van der Waals surface area contributed by atoms with Gasteiger partial charge in [-0.15, -0.1) is 0 Å². The molecule has 0 unspecified atom stereocenters. The third-order valence-corrected chi connectivity index (χ3v) is 4.10. The maximum absolute atomic E-state index is 10.7. The Balaban J connectivity index is 0.000000481. The number of nitrogens with one attached hydrogen (secondary N) is 1. The van der Waals surface area contributed by atoms with Gasteiger partial charge in [0.25, 0.3) is 0 Å². The van der Waals surface area contributed by atoms with Crippen molar-refractivity contribution in [1.29, 1.82) is 0 Å². The van der Waals surface area contributed by atoms with Gasteiger partial charge in [0, 0.05) is 10.1 Å². The lowest BCUT2D eigenvalue weighted by Gasteiger charge is -2.25. The molecule has 0 aliphatic carbocycles. The Morgan fingerprint density at radius 2 is 1.58 bits per heavy atom. The molecular formula is C15H22INO9. The fraction of sp³-hybridized carbons (Fsp3) is 0.467. The summed E-state index contributed by atoms with van der Waals surface area (Å²) in [5.74, 6) is -2.45. The van der Waals surface area contributed by atoms with Crippen molar-refractivity contribution in [1.82, 2.24) is 5.32 Å². The molecule has 0 aliphatic heterocycles. The fourth-order valence-electron chi connectivity index (χ4n) is 1.81. The third kappa shape index (κ3) is 7.49. The second-order valence-corrected chi connectivity index (χ2v) is 6.29. The zero-order valence-electron chi connectivity index (χ0n) is 13.8. The highest BCUT2D eigenvalue weighted by Crippen LogP contribution is 2.16. The first-order chi connectivity index (χ1) is 12.1.